The molecule has 2 aromatic carbocycles. The van der Waals surface area contributed by atoms with Gasteiger partial charge in [-0.05, 0) is 17.2 Å². The van der Waals surface area contributed by atoms with Crippen LogP contribution >= 0.6 is 0 Å². The Kier molecular flexibility index (Phi) is 6.46. The third-order valence-corrected chi connectivity index (χ3v) is 3.62. The van der Waals surface area contributed by atoms with E-state index in [1.54, 1.807) is 30.3 Å². The molecule has 108 valence electrons. The number of hydrogen-bond acceptors (Lipinski definition) is 5. The summed E-state index contributed by atoms with van der Waals surface area (Å²) in [5.74, 6) is 0. The van der Waals surface area contributed by atoms with Crippen LogP contribution < -0.4 is 29.6 Å². The van der Waals surface area contributed by atoms with Crippen molar-refractivity contribution in [3.8, 4) is 0 Å². The van der Waals surface area contributed by atoms with Crippen LogP contribution in [0.3, 0.4) is 0 Å². The Morgan fingerprint density at radius 3 is 2.18 bits per heavy atom. The summed E-state index contributed by atoms with van der Waals surface area (Å²) >= 11 is 0. The molecule has 8 heteroatoms. The molecule has 22 heavy (non-hydrogen) atoms. The second-order valence-electron chi connectivity index (χ2n) is 4.18. The van der Waals surface area contributed by atoms with Crippen LogP contribution in [0.15, 0.2) is 53.4 Å². The minimum atomic E-state index is -4.80. The predicted octanol–water partition coefficient (Wildman–Crippen LogP) is -0.327. The van der Waals surface area contributed by atoms with Crippen molar-refractivity contribution in [1.29, 1.82) is 0 Å². The fraction of sp³-hybridized carbons (Fsp3) is 0. The topological polar surface area (TPSA) is 100 Å². The van der Waals surface area contributed by atoms with Gasteiger partial charge < -0.3 is 4.55 Å². The van der Waals surface area contributed by atoms with Crippen LogP contribution in [-0.2, 0) is 10.1 Å². The van der Waals surface area contributed by atoms with Gasteiger partial charge in [-0.1, -0.05) is 42.5 Å². The van der Waals surface area contributed by atoms with Gasteiger partial charge in [0.2, 0.25) is 0 Å². The fourth-order valence-corrected chi connectivity index (χ4v) is 2.43. The Labute approximate surface area is 149 Å². The van der Waals surface area contributed by atoms with Crippen molar-refractivity contribution >= 4 is 28.0 Å². The largest absolute Gasteiger partial charge is 1.00 e. The molecule has 0 saturated heterocycles. The van der Waals surface area contributed by atoms with Gasteiger partial charge in [0.05, 0.1) is 9.82 Å². The maximum Gasteiger partial charge on any atom is 1.00 e. The number of benzene rings is 2. The first kappa shape index (κ1) is 18.5. The van der Waals surface area contributed by atoms with Crippen molar-refractivity contribution in [1.82, 2.24) is 0 Å². The Morgan fingerprint density at radius 2 is 1.64 bits per heavy atom. The summed E-state index contributed by atoms with van der Waals surface area (Å²) < 4.78 is 33.7. The second-order valence-corrected chi connectivity index (χ2v) is 5.53. The molecule has 0 N–H and O–H groups in total. The van der Waals surface area contributed by atoms with E-state index in [1.165, 1.54) is 12.1 Å². The Hall–Kier alpha value is -1.51. The first-order valence-corrected chi connectivity index (χ1v) is 7.26. The molecule has 0 saturated carbocycles. The van der Waals surface area contributed by atoms with Gasteiger partial charge in [0.15, 0.2) is 0 Å². The van der Waals surface area contributed by atoms with Crippen LogP contribution in [0, 0.1) is 10.1 Å². The van der Waals surface area contributed by atoms with Gasteiger partial charge in [-0.25, -0.2) is 8.42 Å². The molecular weight excluding hydrogens is 317 g/mol. The van der Waals surface area contributed by atoms with E-state index in [1.807, 2.05) is 6.07 Å². The van der Waals surface area contributed by atoms with Gasteiger partial charge in [0, 0.05) is 12.1 Å². The maximum absolute atomic E-state index is 11.2. The minimum Gasteiger partial charge on any atom is -0.744 e. The summed E-state index contributed by atoms with van der Waals surface area (Å²) in [4.78, 5) is 9.30. The van der Waals surface area contributed by atoms with Crippen LogP contribution in [0.5, 0.6) is 0 Å². The molecule has 0 aliphatic rings. The van der Waals surface area contributed by atoms with E-state index in [4.69, 9.17) is 0 Å². The van der Waals surface area contributed by atoms with E-state index in [0.29, 0.717) is 0 Å². The normalized spacial score (nSPS) is 11.1. The molecule has 2 aromatic rings. The number of nitro benzene ring substituents is 1. The average molecular weight is 327 g/mol. The van der Waals surface area contributed by atoms with Gasteiger partial charge in [0.25, 0.3) is 5.69 Å². The second kappa shape index (κ2) is 7.66. The summed E-state index contributed by atoms with van der Waals surface area (Å²) in [6.07, 6.45) is 3.06. The van der Waals surface area contributed by atoms with E-state index < -0.39 is 25.6 Å². The van der Waals surface area contributed by atoms with Crippen molar-refractivity contribution in [3.05, 3.63) is 69.8 Å². The summed E-state index contributed by atoms with van der Waals surface area (Å²) in [6.45, 7) is 0. The first-order chi connectivity index (χ1) is 9.88. The third-order valence-electron chi connectivity index (χ3n) is 2.73. The van der Waals surface area contributed by atoms with Crippen LogP contribution in [0.4, 0.5) is 5.69 Å². The first-order valence-electron chi connectivity index (χ1n) is 5.85. The smallest absolute Gasteiger partial charge is 0.744 e. The van der Waals surface area contributed by atoms with E-state index in [0.717, 1.165) is 17.7 Å². The van der Waals surface area contributed by atoms with E-state index >= 15 is 0 Å². The number of nitro groups is 1. The zero-order valence-electron chi connectivity index (χ0n) is 11.7. The molecule has 0 unspecified atom stereocenters. The van der Waals surface area contributed by atoms with Crippen molar-refractivity contribution in [2.45, 2.75) is 4.90 Å². The Bertz CT molecular complexity index is 803. The molecule has 0 aliphatic heterocycles. The molecule has 0 heterocycles. The third kappa shape index (κ3) is 4.75. The maximum atomic E-state index is 11.2. The number of rotatable bonds is 4. The fourth-order valence-electron chi connectivity index (χ4n) is 1.74. The van der Waals surface area contributed by atoms with Gasteiger partial charge in [-0.15, -0.1) is 0 Å². The minimum absolute atomic E-state index is 0. The predicted molar refractivity (Wildman–Crippen MR) is 76.4 cm³/mol. The standard InChI is InChI=1S/C14H11NO5S.Na/c16-15(17)13-9-8-12(14(10-13)21(18,19)20)7-6-11-4-2-1-3-5-11;/h1-10H,(H,18,19,20);/q;+1/p-1. The molecule has 0 spiro atoms. The van der Waals surface area contributed by atoms with Crippen LogP contribution in [0.1, 0.15) is 11.1 Å². The average Bonchev–Trinajstić information content (AvgIpc) is 2.45. The van der Waals surface area contributed by atoms with Crippen molar-refractivity contribution in [3.63, 3.8) is 0 Å². The molecular formula is C14H10NNaO5S. The van der Waals surface area contributed by atoms with Gasteiger partial charge in [0.1, 0.15) is 10.1 Å². The molecule has 0 fully saturated rings. The molecule has 0 bridgehead atoms. The number of hydrogen-bond donors (Lipinski definition) is 0. The van der Waals surface area contributed by atoms with E-state index in [9.17, 15) is 23.1 Å². The van der Waals surface area contributed by atoms with Crippen molar-refractivity contribution < 1.29 is 47.5 Å². The Morgan fingerprint density at radius 1 is 1.00 bits per heavy atom. The molecule has 0 radical (unpaired) electrons. The SMILES string of the molecule is O=[N+]([O-])c1ccc(C=Cc2ccccc2)c(S(=O)(=O)[O-])c1.[Na+]. The molecule has 0 atom stereocenters. The zero-order chi connectivity index (χ0) is 15.5. The van der Waals surface area contributed by atoms with Crippen molar-refractivity contribution in [2.75, 3.05) is 0 Å². The summed E-state index contributed by atoms with van der Waals surface area (Å²) in [7, 11) is -4.80. The molecule has 6 nitrogen and oxygen atoms in total. The van der Waals surface area contributed by atoms with Crippen molar-refractivity contribution in [2.24, 2.45) is 0 Å². The molecule has 0 aromatic heterocycles. The van der Waals surface area contributed by atoms with Gasteiger partial charge in [-0.3, -0.25) is 10.1 Å². The van der Waals surface area contributed by atoms with Crippen LogP contribution in [0.25, 0.3) is 12.2 Å². The summed E-state index contributed by atoms with van der Waals surface area (Å²) in [5, 5.41) is 10.7. The summed E-state index contributed by atoms with van der Waals surface area (Å²) in [6, 6.07) is 12.2. The number of non-ortho nitro benzene ring substituents is 1. The Balaban J connectivity index is 0.00000242. The van der Waals surface area contributed by atoms with Crippen LogP contribution in [0.2, 0.25) is 0 Å². The zero-order valence-corrected chi connectivity index (χ0v) is 14.5. The van der Waals surface area contributed by atoms with E-state index in [-0.39, 0.29) is 35.1 Å². The molecule has 0 aliphatic carbocycles. The molecule has 2 rings (SSSR count). The van der Waals surface area contributed by atoms with Crippen LogP contribution in [-0.4, -0.2) is 17.9 Å². The monoisotopic (exact) mass is 327 g/mol. The van der Waals surface area contributed by atoms with Gasteiger partial charge in [-0.2, -0.15) is 0 Å². The quantitative estimate of drug-likeness (QED) is 0.252. The number of nitrogens with zero attached hydrogens (tertiary/aromatic N) is 1. The summed E-state index contributed by atoms with van der Waals surface area (Å²) in [5.41, 5.74) is 0.478. The molecule has 0 amide bonds. The van der Waals surface area contributed by atoms with Gasteiger partial charge >= 0.3 is 29.6 Å². The van der Waals surface area contributed by atoms with E-state index in [2.05, 4.69) is 0 Å².